The Bertz CT molecular complexity index is 279. The van der Waals surface area contributed by atoms with E-state index in [9.17, 15) is 0 Å². The van der Waals surface area contributed by atoms with Crippen LogP contribution in [0.5, 0.6) is 0 Å². The van der Waals surface area contributed by atoms with E-state index in [1.54, 1.807) is 0 Å². The van der Waals surface area contributed by atoms with Gasteiger partial charge in [-0.15, -0.1) is 11.6 Å². The molecule has 0 atom stereocenters. The Morgan fingerprint density at radius 1 is 1.00 bits per heavy atom. The lowest BCUT2D eigenvalue weighted by Crippen LogP contribution is -1.95. The van der Waals surface area contributed by atoms with Crippen molar-refractivity contribution in [3.05, 3.63) is 34.4 Å². The predicted octanol–water partition coefficient (Wildman–Crippen LogP) is 4.17. The minimum atomic E-state index is 0.782. The highest BCUT2D eigenvalue weighted by Crippen LogP contribution is 2.18. The average Bonchev–Trinajstić information content (AvgIpc) is 2.09. The number of rotatable bonds is 4. The molecule has 1 aromatic rings. The van der Waals surface area contributed by atoms with Gasteiger partial charge in [0.2, 0.25) is 0 Å². The van der Waals surface area contributed by atoms with Gasteiger partial charge in [0.1, 0.15) is 0 Å². The second kappa shape index (κ2) is 5.41. The number of aryl methyl sites for hydroxylation is 3. The maximum atomic E-state index is 5.67. The van der Waals surface area contributed by atoms with E-state index in [4.69, 9.17) is 11.6 Å². The second-order valence-electron chi connectivity index (χ2n) is 4.02. The van der Waals surface area contributed by atoms with Crippen LogP contribution in [0, 0.1) is 20.8 Å². The molecule has 0 saturated heterocycles. The monoisotopic (exact) mass is 210 g/mol. The van der Waals surface area contributed by atoms with Gasteiger partial charge in [0, 0.05) is 5.88 Å². The van der Waals surface area contributed by atoms with Crippen molar-refractivity contribution in [1.82, 2.24) is 0 Å². The van der Waals surface area contributed by atoms with Crippen molar-refractivity contribution in [2.45, 2.75) is 40.0 Å². The summed E-state index contributed by atoms with van der Waals surface area (Å²) < 4.78 is 0. The lowest BCUT2D eigenvalue weighted by molar-refractivity contribution is 0.791. The van der Waals surface area contributed by atoms with Crippen LogP contribution in [0.4, 0.5) is 0 Å². The lowest BCUT2D eigenvalue weighted by Gasteiger charge is -2.10. The molecule has 0 aliphatic rings. The van der Waals surface area contributed by atoms with Gasteiger partial charge >= 0.3 is 0 Å². The largest absolute Gasteiger partial charge is 0.127 e. The molecular weight excluding hydrogens is 192 g/mol. The van der Waals surface area contributed by atoms with Gasteiger partial charge in [-0.2, -0.15) is 0 Å². The summed E-state index contributed by atoms with van der Waals surface area (Å²) in [6.45, 7) is 6.56. The van der Waals surface area contributed by atoms with Gasteiger partial charge in [0.05, 0.1) is 0 Å². The molecule has 0 aromatic heterocycles. The molecule has 0 unspecified atom stereocenters. The standard InChI is InChI=1S/C13H19Cl/c1-10-8-11(2)13(12(3)9-10)6-4-5-7-14/h8-9H,4-7H2,1-3H3. The van der Waals surface area contributed by atoms with Crippen molar-refractivity contribution in [2.75, 3.05) is 5.88 Å². The van der Waals surface area contributed by atoms with Crippen LogP contribution in [0.2, 0.25) is 0 Å². The van der Waals surface area contributed by atoms with Crippen LogP contribution in [0.1, 0.15) is 35.1 Å². The molecule has 1 rings (SSSR count). The Hall–Kier alpha value is -0.490. The first-order chi connectivity index (χ1) is 6.65. The maximum absolute atomic E-state index is 5.67. The first-order valence-electron chi connectivity index (χ1n) is 5.28. The van der Waals surface area contributed by atoms with E-state index in [-0.39, 0.29) is 0 Å². The molecule has 0 bridgehead atoms. The van der Waals surface area contributed by atoms with Gasteiger partial charge in [0.15, 0.2) is 0 Å². The molecule has 0 saturated carbocycles. The van der Waals surface area contributed by atoms with Crippen LogP contribution in [-0.4, -0.2) is 5.88 Å². The fraction of sp³-hybridized carbons (Fsp3) is 0.538. The van der Waals surface area contributed by atoms with Crippen molar-refractivity contribution in [3.63, 3.8) is 0 Å². The van der Waals surface area contributed by atoms with Crippen LogP contribution in [0.3, 0.4) is 0 Å². The lowest BCUT2D eigenvalue weighted by atomic mass is 9.96. The molecule has 0 spiro atoms. The molecule has 0 nitrogen and oxygen atoms in total. The van der Waals surface area contributed by atoms with E-state index in [0.29, 0.717) is 0 Å². The fourth-order valence-corrected chi connectivity index (χ4v) is 2.19. The van der Waals surface area contributed by atoms with Crippen LogP contribution in [0.15, 0.2) is 12.1 Å². The first kappa shape index (κ1) is 11.6. The number of benzene rings is 1. The SMILES string of the molecule is Cc1cc(C)c(CCCCCl)c(C)c1. The molecule has 1 heteroatoms. The van der Waals surface area contributed by atoms with Gasteiger partial charge in [-0.3, -0.25) is 0 Å². The third-order valence-corrected chi connectivity index (χ3v) is 2.92. The molecule has 14 heavy (non-hydrogen) atoms. The van der Waals surface area contributed by atoms with Gasteiger partial charge in [-0.25, -0.2) is 0 Å². The topological polar surface area (TPSA) is 0 Å². The van der Waals surface area contributed by atoms with Crippen molar-refractivity contribution >= 4 is 11.6 Å². The smallest absolute Gasteiger partial charge is 0.0223 e. The zero-order valence-corrected chi connectivity index (χ0v) is 10.1. The quantitative estimate of drug-likeness (QED) is 0.517. The van der Waals surface area contributed by atoms with Gasteiger partial charge in [-0.1, -0.05) is 17.7 Å². The molecule has 0 amide bonds. The predicted molar refractivity (Wildman–Crippen MR) is 64.3 cm³/mol. The molecule has 1 aromatic carbocycles. The highest BCUT2D eigenvalue weighted by molar-refractivity contribution is 6.17. The Morgan fingerprint density at radius 2 is 1.57 bits per heavy atom. The highest BCUT2D eigenvalue weighted by Gasteiger charge is 2.02. The summed E-state index contributed by atoms with van der Waals surface area (Å²) in [5.74, 6) is 0.782. The molecule has 0 N–H and O–H groups in total. The zero-order chi connectivity index (χ0) is 10.6. The number of alkyl halides is 1. The number of hydrogen-bond acceptors (Lipinski definition) is 0. The van der Waals surface area contributed by atoms with Crippen molar-refractivity contribution in [1.29, 1.82) is 0 Å². The third kappa shape index (κ3) is 3.02. The van der Waals surface area contributed by atoms with E-state index >= 15 is 0 Å². The summed E-state index contributed by atoms with van der Waals surface area (Å²) >= 11 is 5.67. The Labute approximate surface area is 92.3 Å². The molecule has 78 valence electrons. The summed E-state index contributed by atoms with van der Waals surface area (Å²) in [5, 5.41) is 0. The van der Waals surface area contributed by atoms with Crippen molar-refractivity contribution in [3.8, 4) is 0 Å². The molecule has 0 aliphatic carbocycles. The summed E-state index contributed by atoms with van der Waals surface area (Å²) in [7, 11) is 0. The molecule has 0 aliphatic heterocycles. The molecule has 0 radical (unpaired) electrons. The van der Waals surface area contributed by atoms with E-state index in [0.717, 1.165) is 12.3 Å². The van der Waals surface area contributed by atoms with Gasteiger partial charge in [-0.05, 0) is 56.7 Å². The van der Waals surface area contributed by atoms with E-state index in [2.05, 4.69) is 32.9 Å². The highest BCUT2D eigenvalue weighted by atomic mass is 35.5. The summed E-state index contributed by atoms with van der Waals surface area (Å²) in [4.78, 5) is 0. The Morgan fingerprint density at radius 3 is 2.07 bits per heavy atom. The van der Waals surface area contributed by atoms with Crippen LogP contribution >= 0.6 is 11.6 Å². The summed E-state index contributed by atoms with van der Waals surface area (Å²) in [5.41, 5.74) is 5.73. The van der Waals surface area contributed by atoms with E-state index < -0.39 is 0 Å². The maximum Gasteiger partial charge on any atom is 0.0223 e. The Balaban J connectivity index is 2.75. The van der Waals surface area contributed by atoms with Crippen LogP contribution in [0.25, 0.3) is 0 Å². The number of unbranched alkanes of at least 4 members (excludes halogenated alkanes) is 1. The Kier molecular flexibility index (Phi) is 4.47. The third-order valence-electron chi connectivity index (χ3n) is 2.65. The zero-order valence-electron chi connectivity index (χ0n) is 9.36. The van der Waals surface area contributed by atoms with Gasteiger partial charge in [0.25, 0.3) is 0 Å². The van der Waals surface area contributed by atoms with Crippen LogP contribution < -0.4 is 0 Å². The normalized spacial score (nSPS) is 10.6. The summed E-state index contributed by atoms with van der Waals surface area (Å²) in [6, 6.07) is 4.53. The molecular formula is C13H19Cl. The molecule has 0 fully saturated rings. The summed E-state index contributed by atoms with van der Waals surface area (Å²) in [6.07, 6.45) is 3.49. The fourth-order valence-electron chi connectivity index (χ4n) is 2.00. The number of halogens is 1. The minimum Gasteiger partial charge on any atom is -0.127 e. The molecule has 0 heterocycles. The number of hydrogen-bond donors (Lipinski definition) is 0. The van der Waals surface area contributed by atoms with E-state index in [1.165, 1.54) is 35.1 Å². The average molecular weight is 211 g/mol. The van der Waals surface area contributed by atoms with E-state index in [1.807, 2.05) is 0 Å². The minimum absolute atomic E-state index is 0.782. The first-order valence-corrected chi connectivity index (χ1v) is 5.81. The second-order valence-corrected chi connectivity index (χ2v) is 4.40. The van der Waals surface area contributed by atoms with Crippen LogP contribution in [-0.2, 0) is 6.42 Å². The van der Waals surface area contributed by atoms with Crippen molar-refractivity contribution in [2.24, 2.45) is 0 Å². The van der Waals surface area contributed by atoms with Crippen molar-refractivity contribution < 1.29 is 0 Å². The van der Waals surface area contributed by atoms with Gasteiger partial charge < -0.3 is 0 Å².